The maximum atomic E-state index is 13.1. The Bertz CT molecular complexity index is 1750. The van der Waals surface area contributed by atoms with Crippen molar-refractivity contribution < 1.29 is 28.2 Å². The molecule has 2 aromatic heterocycles. The average Bonchev–Trinajstić information content (AvgIpc) is 3.43. The van der Waals surface area contributed by atoms with E-state index in [0.29, 0.717) is 46.4 Å². The molecule has 3 heterocycles. The van der Waals surface area contributed by atoms with Gasteiger partial charge in [-0.25, -0.2) is 9.78 Å². The van der Waals surface area contributed by atoms with Gasteiger partial charge >= 0.3 is 5.97 Å². The molecule has 0 radical (unpaired) electrons. The van der Waals surface area contributed by atoms with E-state index in [2.05, 4.69) is 16.7 Å². The van der Waals surface area contributed by atoms with Crippen molar-refractivity contribution >= 4 is 63.0 Å². The third-order valence-corrected chi connectivity index (χ3v) is 8.65. The number of nitrogens with zero attached hydrogens (tertiary/aromatic N) is 1. The molecule has 1 aliphatic carbocycles. The van der Waals surface area contributed by atoms with Gasteiger partial charge in [0.1, 0.15) is 12.2 Å². The van der Waals surface area contributed by atoms with E-state index in [1.165, 1.54) is 7.11 Å². The standard InChI is InChI=1S/C34H33Cl2N3O6/c1-42-34(41)22-10-12-28(29(16-22)37-18-24-13-14-43-24)38-31(40)15-20-5-7-21(8-6-20)27-3-2-4-32(39-27)44-19-23-9-11-26(35)25-17-30(36)45-33(23)25/h2-4,7,9-12,16-17,20,24,37H,5-6,8,13-15,18-19H2,1H3,(H,38,40)/t20?,24-/m0/s1. The Morgan fingerprint density at radius 2 is 1.93 bits per heavy atom. The Balaban J connectivity index is 1.05. The number of esters is 1. The van der Waals surface area contributed by atoms with Gasteiger partial charge in [-0.05, 0) is 79.1 Å². The fraction of sp³-hybridized carbons (Fsp3) is 0.324. The first-order valence-electron chi connectivity index (χ1n) is 14.9. The highest BCUT2D eigenvalue weighted by Gasteiger charge is 2.22. The van der Waals surface area contributed by atoms with Gasteiger partial charge < -0.3 is 29.3 Å². The van der Waals surface area contributed by atoms with Gasteiger partial charge in [0, 0.05) is 42.7 Å². The zero-order valence-corrected chi connectivity index (χ0v) is 26.2. The van der Waals surface area contributed by atoms with E-state index in [4.69, 9.17) is 46.8 Å². The van der Waals surface area contributed by atoms with E-state index in [0.717, 1.165) is 54.5 Å². The maximum absolute atomic E-state index is 13.1. The van der Waals surface area contributed by atoms with Crippen molar-refractivity contribution in [2.24, 2.45) is 5.92 Å². The van der Waals surface area contributed by atoms with E-state index >= 15 is 0 Å². The Morgan fingerprint density at radius 1 is 1.07 bits per heavy atom. The second kappa shape index (κ2) is 13.9. The summed E-state index contributed by atoms with van der Waals surface area (Å²) in [4.78, 5) is 29.9. The summed E-state index contributed by atoms with van der Waals surface area (Å²) in [6.45, 7) is 1.59. The van der Waals surface area contributed by atoms with Crippen LogP contribution < -0.4 is 15.4 Å². The number of fused-ring (bicyclic) bond motifs is 1. The molecule has 1 fully saturated rings. The minimum absolute atomic E-state index is 0.0757. The van der Waals surface area contributed by atoms with E-state index in [1.54, 1.807) is 30.3 Å². The van der Waals surface area contributed by atoms with Gasteiger partial charge in [0.05, 0.1) is 40.9 Å². The molecule has 0 bridgehead atoms. The van der Waals surface area contributed by atoms with Crippen LogP contribution in [0, 0.1) is 5.92 Å². The minimum atomic E-state index is -0.436. The predicted octanol–water partition coefficient (Wildman–Crippen LogP) is 7.91. The molecule has 1 aliphatic heterocycles. The number of carbonyl (C=O) groups excluding carboxylic acids is 2. The molecule has 1 amide bonds. The lowest BCUT2D eigenvalue weighted by molar-refractivity contribution is -0.117. The number of methoxy groups -OCH3 is 1. The molecule has 45 heavy (non-hydrogen) atoms. The van der Waals surface area contributed by atoms with Gasteiger partial charge in [-0.2, -0.15) is 0 Å². The van der Waals surface area contributed by atoms with E-state index in [9.17, 15) is 9.59 Å². The first-order valence-corrected chi connectivity index (χ1v) is 15.6. The summed E-state index contributed by atoms with van der Waals surface area (Å²) >= 11 is 12.3. The molecule has 1 unspecified atom stereocenters. The minimum Gasteiger partial charge on any atom is -0.473 e. The smallest absolute Gasteiger partial charge is 0.337 e. The molecule has 2 aliphatic rings. The number of nitrogens with one attached hydrogen (secondary N) is 2. The monoisotopic (exact) mass is 649 g/mol. The second-order valence-corrected chi connectivity index (χ2v) is 12.0. The number of hydrogen-bond acceptors (Lipinski definition) is 8. The molecule has 6 rings (SSSR count). The zero-order valence-electron chi connectivity index (χ0n) is 24.7. The molecule has 9 nitrogen and oxygen atoms in total. The quantitative estimate of drug-likeness (QED) is 0.158. The Kier molecular flexibility index (Phi) is 9.59. The van der Waals surface area contributed by atoms with Crippen molar-refractivity contribution in [2.45, 2.75) is 44.8 Å². The summed E-state index contributed by atoms with van der Waals surface area (Å²) in [5.74, 6) is 0.194. The molecule has 2 aromatic carbocycles. The molecule has 2 N–H and O–H groups in total. The van der Waals surface area contributed by atoms with Crippen molar-refractivity contribution in [3.05, 3.63) is 87.7 Å². The third kappa shape index (κ3) is 7.44. The summed E-state index contributed by atoms with van der Waals surface area (Å²) < 4.78 is 22.0. The highest BCUT2D eigenvalue weighted by molar-refractivity contribution is 6.36. The molecule has 2 atom stereocenters. The summed E-state index contributed by atoms with van der Waals surface area (Å²) in [7, 11) is 1.34. The molecule has 234 valence electrons. The number of carbonyl (C=O) groups is 2. The van der Waals surface area contributed by atoms with Crippen LogP contribution >= 0.6 is 23.2 Å². The number of benzene rings is 2. The van der Waals surface area contributed by atoms with Gasteiger partial charge in [-0.3, -0.25) is 4.79 Å². The first-order chi connectivity index (χ1) is 21.9. The van der Waals surface area contributed by atoms with Crippen molar-refractivity contribution in [2.75, 3.05) is 30.9 Å². The second-order valence-electron chi connectivity index (χ2n) is 11.2. The molecule has 4 aromatic rings. The fourth-order valence-electron chi connectivity index (χ4n) is 5.54. The van der Waals surface area contributed by atoms with Gasteiger partial charge in [0.15, 0.2) is 5.22 Å². The molecule has 11 heteroatoms. The summed E-state index contributed by atoms with van der Waals surface area (Å²) in [5, 5.41) is 7.92. The number of ether oxygens (including phenoxy) is 3. The number of pyridine rings is 1. The van der Waals surface area contributed by atoms with Crippen LogP contribution in [0.2, 0.25) is 10.2 Å². The summed E-state index contributed by atoms with van der Waals surface area (Å²) in [6.07, 6.45) is 6.08. The van der Waals surface area contributed by atoms with Gasteiger partial charge in [0.2, 0.25) is 11.8 Å². The van der Waals surface area contributed by atoms with Crippen molar-refractivity contribution in [1.82, 2.24) is 4.98 Å². The zero-order chi connectivity index (χ0) is 31.3. The Morgan fingerprint density at radius 3 is 2.69 bits per heavy atom. The van der Waals surface area contributed by atoms with E-state index < -0.39 is 5.97 Å². The lowest BCUT2D eigenvalue weighted by Gasteiger charge is -2.27. The Labute approximate surface area is 270 Å². The van der Waals surface area contributed by atoms with Crippen LogP contribution in [0.1, 0.15) is 53.7 Å². The van der Waals surface area contributed by atoms with Crippen LogP contribution in [0.5, 0.6) is 5.88 Å². The van der Waals surface area contributed by atoms with Crippen molar-refractivity contribution in [1.29, 1.82) is 0 Å². The molecular formula is C34H33Cl2N3O6. The normalized spacial score (nSPS) is 17.7. The van der Waals surface area contributed by atoms with Gasteiger partial charge in [-0.15, -0.1) is 0 Å². The largest absolute Gasteiger partial charge is 0.473 e. The number of rotatable bonds is 11. The van der Waals surface area contributed by atoms with Crippen LogP contribution in [0.25, 0.3) is 16.5 Å². The van der Waals surface area contributed by atoms with Crippen molar-refractivity contribution in [3.8, 4) is 5.88 Å². The topological polar surface area (TPSA) is 112 Å². The fourth-order valence-corrected chi connectivity index (χ4v) is 5.93. The van der Waals surface area contributed by atoms with E-state index in [1.807, 2.05) is 24.3 Å². The van der Waals surface area contributed by atoms with Crippen LogP contribution in [0.4, 0.5) is 11.4 Å². The Hall–Kier alpha value is -4.05. The number of amides is 1. The van der Waals surface area contributed by atoms with Gasteiger partial charge in [0.25, 0.3) is 0 Å². The average molecular weight is 651 g/mol. The summed E-state index contributed by atoms with van der Waals surface area (Å²) in [5.41, 5.74) is 5.10. The van der Waals surface area contributed by atoms with Crippen LogP contribution in [-0.2, 0) is 20.9 Å². The molecule has 0 saturated carbocycles. The number of anilines is 2. The number of hydrogen-bond donors (Lipinski definition) is 2. The first kappa shape index (κ1) is 31.0. The highest BCUT2D eigenvalue weighted by atomic mass is 35.5. The number of furan rings is 1. The maximum Gasteiger partial charge on any atom is 0.337 e. The molecule has 0 spiro atoms. The number of aromatic nitrogens is 1. The highest BCUT2D eigenvalue weighted by Crippen LogP contribution is 2.34. The molecular weight excluding hydrogens is 617 g/mol. The lowest BCUT2D eigenvalue weighted by atomic mass is 9.86. The van der Waals surface area contributed by atoms with Crippen LogP contribution in [0.3, 0.4) is 0 Å². The number of allylic oxidation sites excluding steroid dienone is 2. The van der Waals surface area contributed by atoms with E-state index in [-0.39, 0.29) is 29.8 Å². The number of halogens is 2. The predicted molar refractivity (Wildman–Crippen MR) is 174 cm³/mol. The van der Waals surface area contributed by atoms with Crippen LogP contribution in [-0.4, -0.2) is 43.2 Å². The van der Waals surface area contributed by atoms with Gasteiger partial charge in [-0.1, -0.05) is 29.8 Å². The molecule has 1 saturated heterocycles. The lowest BCUT2D eigenvalue weighted by Crippen LogP contribution is -2.33. The summed E-state index contributed by atoms with van der Waals surface area (Å²) in [6, 6.07) is 16.1. The SMILES string of the molecule is COC(=O)c1ccc(NC(=O)CC2CC=C(c3cccc(OCc4ccc(Cl)c5cc(Cl)oc45)n3)CC2)c(NC[C@@H]2CCO2)c1. The van der Waals surface area contributed by atoms with Crippen molar-refractivity contribution in [3.63, 3.8) is 0 Å². The van der Waals surface area contributed by atoms with Crippen LogP contribution in [0.15, 0.2) is 65.1 Å². The third-order valence-electron chi connectivity index (χ3n) is 8.13.